The van der Waals surface area contributed by atoms with Crippen molar-refractivity contribution < 1.29 is 9.59 Å². The second-order valence-electron chi connectivity index (χ2n) is 5.11. The minimum absolute atomic E-state index is 0.214. The van der Waals surface area contributed by atoms with E-state index in [0.717, 1.165) is 5.56 Å². The van der Waals surface area contributed by atoms with E-state index in [2.05, 4.69) is 10.5 Å². The topological polar surface area (TPSA) is 65.0 Å². The van der Waals surface area contributed by atoms with Gasteiger partial charge in [-0.3, -0.25) is 10.2 Å². The van der Waals surface area contributed by atoms with Gasteiger partial charge in [-0.05, 0) is 17.7 Å². The van der Waals surface area contributed by atoms with Crippen LogP contribution in [-0.2, 0) is 0 Å². The summed E-state index contributed by atoms with van der Waals surface area (Å²) in [6, 6.07) is 17.9. The zero-order valence-corrected chi connectivity index (χ0v) is 12.6. The Hall–Kier alpha value is -3.15. The highest BCUT2D eigenvalue weighted by Crippen LogP contribution is 2.11. The first-order valence-corrected chi connectivity index (χ1v) is 7.19. The van der Waals surface area contributed by atoms with Crippen LogP contribution in [0.2, 0.25) is 0 Å². The minimum atomic E-state index is -0.381. The Balaban J connectivity index is 1.79. The average molecular weight is 308 g/mol. The van der Waals surface area contributed by atoms with Gasteiger partial charge >= 0.3 is 6.03 Å². The second-order valence-corrected chi connectivity index (χ2v) is 5.11. The van der Waals surface area contributed by atoms with Crippen LogP contribution < -0.4 is 5.43 Å². The van der Waals surface area contributed by atoms with Gasteiger partial charge in [-0.15, -0.1) is 0 Å². The molecule has 0 radical (unpaired) electrons. The Morgan fingerprint density at radius 2 is 1.65 bits per heavy atom. The van der Waals surface area contributed by atoms with Gasteiger partial charge in [0.15, 0.2) is 0 Å². The summed E-state index contributed by atoms with van der Waals surface area (Å²) in [5, 5.41) is 6.76. The first-order chi connectivity index (χ1) is 11.1. The van der Waals surface area contributed by atoms with Crippen LogP contribution in [0.5, 0.6) is 0 Å². The number of hydrogen-bond acceptors (Lipinski definition) is 3. The summed E-state index contributed by atoms with van der Waals surface area (Å²) in [7, 11) is 1.56. The summed E-state index contributed by atoms with van der Waals surface area (Å²) in [4.78, 5) is 24.4. The predicted octanol–water partition coefficient (Wildman–Crippen LogP) is 2.10. The molecule has 1 aliphatic rings. The average Bonchev–Trinajstić information content (AvgIpc) is 2.60. The summed E-state index contributed by atoms with van der Waals surface area (Å²) >= 11 is 0. The van der Waals surface area contributed by atoms with Crippen LogP contribution in [0.1, 0.15) is 15.9 Å². The largest absolute Gasteiger partial charge is 0.359 e. The molecule has 1 N–H and O–H groups in total. The summed E-state index contributed by atoms with van der Waals surface area (Å²) < 4.78 is 0. The van der Waals surface area contributed by atoms with Crippen molar-refractivity contribution in [2.75, 3.05) is 13.6 Å². The van der Waals surface area contributed by atoms with Crippen molar-refractivity contribution in [2.24, 2.45) is 5.10 Å². The van der Waals surface area contributed by atoms with Crippen LogP contribution in [0.25, 0.3) is 0 Å². The summed E-state index contributed by atoms with van der Waals surface area (Å²) in [6.45, 7) is 0.214. The molecule has 0 atom stereocenters. The number of benzene rings is 2. The number of nitrogens with zero attached hydrogens (tertiary/aromatic N) is 3. The van der Waals surface area contributed by atoms with E-state index in [1.54, 1.807) is 31.3 Å². The van der Waals surface area contributed by atoms with Crippen molar-refractivity contribution >= 4 is 17.6 Å². The molecule has 0 aliphatic carbocycles. The van der Waals surface area contributed by atoms with Gasteiger partial charge in [0.25, 0.3) is 5.91 Å². The van der Waals surface area contributed by atoms with Gasteiger partial charge < -0.3 is 0 Å². The first kappa shape index (κ1) is 14.8. The van der Waals surface area contributed by atoms with E-state index in [4.69, 9.17) is 0 Å². The molecule has 6 heteroatoms. The summed E-state index contributed by atoms with van der Waals surface area (Å²) in [6.07, 6.45) is 0. The number of urea groups is 1. The van der Waals surface area contributed by atoms with E-state index < -0.39 is 0 Å². The van der Waals surface area contributed by atoms with Crippen LogP contribution in [0.15, 0.2) is 65.8 Å². The Morgan fingerprint density at radius 1 is 1.04 bits per heavy atom. The fourth-order valence-electron chi connectivity index (χ4n) is 2.29. The monoisotopic (exact) mass is 308 g/mol. The maximum absolute atomic E-state index is 12.2. The molecule has 3 amide bonds. The van der Waals surface area contributed by atoms with Gasteiger partial charge in [0, 0.05) is 12.6 Å². The van der Waals surface area contributed by atoms with Gasteiger partial charge in [0.1, 0.15) is 0 Å². The van der Waals surface area contributed by atoms with E-state index in [1.165, 1.54) is 10.0 Å². The van der Waals surface area contributed by atoms with E-state index in [9.17, 15) is 9.59 Å². The standard InChI is InChI=1S/C17H16N4O2/c1-20-17(23)21(19-16(22)14-10-6-3-7-11-14)12-15(18-20)13-8-4-2-5-9-13/h2-11H,12H2,1H3,(H,19,22). The van der Waals surface area contributed by atoms with Crippen LogP contribution in [-0.4, -0.2) is 41.3 Å². The molecule has 0 saturated carbocycles. The first-order valence-electron chi connectivity index (χ1n) is 7.19. The Morgan fingerprint density at radius 3 is 2.30 bits per heavy atom. The Kier molecular flexibility index (Phi) is 4.05. The van der Waals surface area contributed by atoms with Crippen LogP contribution in [0, 0.1) is 0 Å². The highest BCUT2D eigenvalue weighted by molar-refractivity contribution is 6.05. The molecule has 116 valence electrons. The third-order valence-electron chi connectivity index (χ3n) is 3.47. The van der Waals surface area contributed by atoms with Crippen molar-refractivity contribution in [2.45, 2.75) is 0 Å². The normalized spacial score (nSPS) is 14.5. The van der Waals surface area contributed by atoms with Gasteiger partial charge in [-0.2, -0.15) is 5.10 Å². The second kappa shape index (κ2) is 6.31. The van der Waals surface area contributed by atoms with Gasteiger partial charge in [-0.25, -0.2) is 14.8 Å². The molecule has 0 spiro atoms. The molecule has 0 unspecified atom stereocenters. The number of hydrazine groups is 1. The predicted molar refractivity (Wildman–Crippen MR) is 86.8 cm³/mol. The summed E-state index contributed by atoms with van der Waals surface area (Å²) in [5.41, 5.74) is 4.75. The number of carbonyl (C=O) groups is 2. The van der Waals surface area contributed by atoms with Crippen LogP contribution in [0.3, 0.4) is 0 Å². The number of carbonyl (C=O) groups excluding carboxylic acids is 2. The lowest BCUT2D eigenvalue weighted by molar-refractivity contribution is 0.0803. The minimum Gasteiger partial charge on any atom is -0.267 e. The van der Waals surface area contributed by atoms with Crippen molar-refractivity contribution in [3.63, 3.8) is 0 Å². The number of rotatable bonds is 3. The highest BCUT2D eigenvalue weighted by Gasteiger charge is 2.27. The lowest BCUT2D eigenvalue weighted by atomic mass is 10.1. The van der Waals surface area contributed by atoms with Crippen LogP contribution >= 0.6 is 0 Å². The number of nitrogens with one attached hydrogen (secondary N) is 1. The quantitative estimate of drug-likeness (QED) is 0.943. The third kappa shape index (κ3) is 3.21. The molecule has 3 rings (SSSR count). The molecule has 1 heterocycles. The Labute approximate surface area is 134 Å². The fourth-order valence-corrected chi connectivity index (χ4v) is 2.29. The van der Waals surface area contributed by atoms with Crippen LogP contribution in [0.4, 0.5) is 4.79 Å². The third-order valence-corrected chi connectivity index (χ3v) is 3.47. The van der Waals surface area contributed by atoms with E-state index in [-0.39, 0.29) is 18.5 Å². The lowest BCUT2D eigenvalue weighted by Crippen LogP contribution is -2.55. The highest BCUT2D eigenvalue weighted by atomic mass is 16.2. The molecule has 6 nitrogen and oxygen atoms in total. The Bertz CT molecular complexity index is 744. The van der Waals surface area contributed by atoms with Gasteiger partial charge in [0.2, 0.25) is 0 Å². The molecule has 0 aromatic heterocycles. The maximum Gasteiger partial charge on any atom is 0.359 e. The molecule has 0 bridgehead atoms. The van der Waals surface area contributed by atoms with Crippen molar-refractivity contribution in [3.05, 3.63) is 71.8 Å². The molecule has 2 aromatic carbocycles. The molecule has 0 saturated heterocycles. The zero-order valence-electron chi connectivity index (χ0n) is 12.6. The lowest BCUT2D eigenvalue weighted by Gasteiger charge is -2.31. The fraction of sp³-hybridized carbons (Fsp3) is 0.118. The molecular formula is C17H16N4O2. The number of hydrogen-bond donors (Lipinski definition) is 1. The van der Waals surface area contributed by atoms with Gasteiger partial charge in [0.05, 0.1) is 12.3 Å². The number of hydrazone groups is 1. The smallest absolute Gasteiger partial charge is 0.267 e. The van der Waals surface area contributed by atoms with Crippen molar-refractivity contribution in [3.8, 4) is 0 Å². The molecular weight excluding hydrogens is 292 g/mol. The van der Waals surface area contributed by atoms with E-state index in [1.807, 2.05) is 36.4 Å². The van der Waals surface area contributed by atoms with Crippen molar-refractivity contribution in [1.29, 1.82) is 0 Å². The zero-order chi connectivity index (χ0) is 16.2. The number of amides is 3. The summed E-state index contributed by atoms with van der Waals surface area (Å²) in [5.74, 6) is -0.332. The van der Waals surface area contributed by atoms with Gasteiger partial charge in [-0.1, -0.05) is 48.5 Å². The van der Waals surface area contributed by atoms with Crippen molar-refractivity contribution in [1.82, 2.24) is 15.4 Å². The molecule has 1 aliphatic heterocycles. The van der Waals surface area contributed by atoms with E-state index >= 15 is 0 Å². The molecule has 23 heavy (non-hydrogen) atoms. The van der Waals surface area contributed by atoms with E-state index in [0.29, 0.717) is 11.3 Å². The molecule has 0 fully saturated rings. The molecule has 2 aromatic rings. The maximum atomic E-state index is 12.2. The SMILES string of the molecule is CN1N=C(c2ccccc2)CN(NC(=O)c2ccccc2)C1=O.